The summed E-state index contributed by atoms with van der Waals surface area (Å²) >= 11 is 10.2. The Morgan fingerprint density at radius 3 is 2.57 bits per heavy atom. The van der Waals surface area contributed by atoms with Gasteiger partial charge in [0, 0.05) is 15.9 Å². The van der Waals surface area contributed by atoms with E-state index in [1.807, 2.05) is 33.8 Å². The number of rotatable bonds is 1. The summed E-state index contributed by atoms with van der Waals surface area (Å²) in [6.45, 7) is 8.57. The third kappa shape index (κ3) is 4.43. The summed E-state index contributed by atoms with van der Waals surface area (Å²) in [5, 5.41) is 1.04. The molecule has 1 aliphatic rings. The van der Waals surface area contributed by atoms with Crippen LogP contribution in [0.5, 0.6) is 0 Å². The molecule has 1 rings (SSSR count). The van der Waals surface area contributed by atoms with Crippen LogP contribution < -0.4 is 0 Å². The smallest absolute Gasteiger partial charge is 0.0972 e. The molecule has 0 aliphatic carbocycles. The van der Waals surface area contributed by atoms with Crippen LogP contribution in [0, 0.1) is 0 Å². The molecule has 1 heterocycles. The summed E-state index contributed by atoms with van der Waals surface area (Å²) in [5.41, 5.74) is 1.11. The van der Waals surface area contributed by atoms with Crippen LogP contribution in [-0.2, 0) is 4.74 Å². The normalized spacial score (nSPS) is 22.4. The zero-order valence-electron chi connectivity index (χ0n) is 9.30. The number of allylic oxidation sites excluding steroid dienone is 3. The molecule has 82 valence electrons. The molecule has 0 radical (unpaired) electrons. The fourth-order valence-electron chi connectivity index (χ4n) is 1.21. The zero-order chi connectivity index (χ0) is 11.1. The number of hydrogen-bond acceptors (Lipinski definition) is 2. The molecule has 0 N–H and O–H groups in total. The van der Waals surface area contributed by atoms with E-state index in [0.717, 1.165) is 29.4 Å². The van der Waals surface area contributed by atoms with Crippen LogP contribution in [0.1, 0.15) is 34.1 Å². The fourth-order valence-corrected chi connectivity index (χ4v) is 1.69. The van der Waals surface area contributed by atoms with E-state index < -0.39 is 0 Å². The van der Waals surface area contributed by atoms with Crippen molar-refractivity contribution in [3.63, 3.8) is 0 Å². The maximum Gasteiger partial charge on any atom is 0.0972 e. The molecule has 0 aromatic rings. The summed E-state index contributed by atoms with van der Waals surface area (Å²) in [5.74, 6) is 0.946. The minimum absolute atomic E-state index is 0.271. The number of hydrogen-bond donors (Lipinski definition) is 1. The predicted octanol–water partition coefficient (Wildman–Crippen LogP) is 4.15. The van der Waals surface area contributed by atoms with Gasteiger partial charge in [-0.15, -0.1) is 0 Å². The van der Waals surface area contributed by atoms with Gasteiger partial charge in [-0.1, -0.05) is 25.4 Å². The molecule has 1 nitrogen and oxygen atoms in total. The first kappa shape index (κ1) is 13.9. The van der Waals surface area contributed by atoms with Crippen molar-refractivity contribution in [1.82, 2.24) is 0 Å². The van der Waals surface area contributed by atoms with Gasteiger partial charge in [-0.25, -0.2) is 0 Å². The van der Waals surface area contributed by atoms with E-state index in [0.29, 0.717) is 0 Å². The standard InChI is InChI=1S/C9H13ClOS.C2H6/c1-6(10)5-8-7(2)11-4-3-9(8)12;1-2/h5,9,12H,3-4H2,1-2H3;1-2H3/b6-5+;. The van der Waals surface area contributed by atoms with Crippen LogP contribution in [-0.4, -0.2) is 11.9 Å². The average Bonchev–Trinajstić information content (AvgIpc) is 2.15. The molecule has 14 heavy (non-hydrogen) atoms. The second-order valence-electron chi connectivity index (χ2n) is 2.90. The summed E-state index contributed by atoms with van der Waals surface area (Å²) in [6, 6.07) is 0. The van der Waals surface area contributed by atoms with E-state index in [-0.39, 0.29) is 5.25 Å². The van der Waals surface area contributed by atoms with E-state index in [2.05, 4.69) is 12.6 Å². The van der Waals surface area contributed by atoms with Crippen molar-refractivity contribution in [1.29, 1.82) is 0 Å². The van der Waals surface area contributed by atoms with E-state index >= 15 is 0 Å². The Morgan fingerprint density at radius 2 is 2.14 bits per heavy atom. The molecular formula is C11H19ClOS. The molecular weight excluding hydrogens is 216 g/mol. The molecule has 0 fully saturated rings. The van der Waals surface area contributed by atoms with Gasteiger partial charge in [-0.05, 0) is 26.3 Å². The Balaban J connectivity index is 0.000000791. The van der Waals surface area contributed by atoms with Gasteiger partial charge in [0.15, 0.2) is 0 Å². The highest BCUT2D eigenvalue weighted by atomic mass is 35.5. The highest BCUT2D eigenvalue weighted by Gasteiger charge is 2.16. The largest absolute Gasteiger partial charge is 0.498 e. The van der Waals surface area contributed by atoms with Crippen LogP contribution in [0.3, 0.4) is 0 Å². The van der Waals surface area contributed by atoms with Crippen LogP contribution in [0.15, 0.2) is 22.4 Å². The molecule has 0 amide bonds. The number of halogens is 1. The first-order valence-corrected chi connectivity index (χ1v) is 5.86. The number of thiol groups is 1. The Morgan fingerprint density at radius 1 is 1.57 bits per heavy atom. The minimum Gasteiger partial charge on any atom is -0.498 e. The summed E-state index contributed by atoms with van der Waals surface area (Å²) in [6.07, 6.45) is 2.88. The van der Waals surface area contributed by atoms with E-state index in [1.165, 1.54) is 0 Å². The van der Waals surface area contributed by atoms with E-state index in [4.69, 9.17) is 16.3 Å². The monoisotopic (exact) mass is 234 g/mol. The van der Waals surface area contributed by atoms with Crippen LogP contribution in [0.2, 0.25) is 0 Å². The summed E-state index contributed by atoms with van der Waals surface area (Å²) in [7, 11) is 0. The third-order valence-corrected chi connectivity index (χ3v) is 2.48. The molecule has 0 aromatic heterocycles. The van der Waals surface area contributed by atoms with Crippen molar-refractivity contribution in [3.05, 3.63) is 22.4 Å². The van der Waals surface area contributed by atoms with Gasteiger partial charge in [0.2, 0.25) is 0 Å². The maximum absolute atomic E-state index is 5.78. The molecule has 0 spiro atoms. The lowest BCUT2D eigenvalue weighted by atomic mass is 10.1. The first-order valence-electron chi connectivity index (χ1n) is 4.96. The second kappa shape index (κ2) is 7.24. The topological polar surface area (TPSA) is 9.23 Å². The molecule has 0 saturated heterocycles. The Labute approximate surface area is 97.6 Å². The third-order valence-electron chi connectivity index (χ3n) is 1.83. The van der Waals surface area contributed by atoms with Crippen LogP contribution in [0.25, 0.3) is 0 Å². The lowest BCUT2D eigenvalue weighted by Gasteiger charge is -2.22. The second-order valence-corrected chi connectivity index (χ2v) is 4.12. The summed E-state index contributed by atoms with van der Waals surface area (Å²) in [4.78, 5) is 0. The number of ether oxygens (including phenoxy) is 1. The van der Waals surface area contributed by atoms with Crippen molar-refractivity contribution in [3.8, 4) is 0 Å². The first-order chi connectivity index (χ1) is 6.61. The van der Waals surface area contributed by atoms with Crippen molar-refractivity contribution in [2.24, 2.45) is 0 Å². The van der Waals surface area contributed by atoms with Crippen molar-refractivity contribution >= 4 is 24.2 Å². The molecule has 1 aliphatic heterocycles. The quantitative estimate of drug-likeness (QED) is 0.671. The van der Waals surface area contributed by atoms with Gasteiger partial charge in [-0.3, -0.25) is 0 Å². The van der Waals surface area contributed by atoms with Gasteiger partial charge >= 0.3 is 0 Å². The predicted molar refractivity (Wildman–Crippen MR) is 67.0 cm³/mol. The molecule has 0 bridgehead atoms. The fraction of sp³-hybridized carbons (Fsp3) is 0.636. The Kier molecular flexibility index (Phi) is 7.20. The van der Waals surface area contributed by atoms with Crippen molar-refractivity contribution in [2.45, 2.75) is 39.4 Å². The van der Waals surface area contributed by atoms with E-state index in [9.17, 15) is 0 Å². The molecule has 0 saturated carbocycles. The van der Waals surface area contributed by atoms with Crippen LogP contribution in [0.4, 0.5) is 0 Å². The zero-order valence-corrected chi connectivity index (χ0v) is 11.0. The molecule has 0 aromatic carbocycles. The van der Waals surface area contributed by atoms with Gasteiger partial charge < -0.3 is 4.74 Å². The summed E-state index contributed by atoms with van der Waals surface area (Å²) < 4.78 is 5.39. The van der Waals surface area contributed by atoms with Crippen molar-refractivity contribution in [2.75, 3.05) is 6.61 Å². The maximum atomic E-state index is 5.78. The van der Waals surface area contributed by atoms with Crippen LogP contribution >= 0.6 is 24.2 Å². The molecule has 3 heteroatoms. The highest BCUT2D eigenvalue weighted by molar-refractivity contribution is 7.81. The van der Waals surface area contributed by atoms with Gasteiger partial charge in [0.1, 0.15) is 0 Å². The average molecular weight is 235 g/mol. The van der Waals surface area contributed by atoms with E-state index in [1.54, 1.807) is 0 Å². The van der Waals surface area contributed by atoms with Gasteiger partial charge in [0.05, 0.1) is 12.4 Å². The lowest BCUT2D eigenvalue weighted by Crippen LogP contribution is -2.15. The SMILES string of the molecule is CC.CC1=C(/C=C(\C)Cl)C(S)CCO1. The Hall–Kier alpha value is -0.0800. The molecule has 1 atom stereocenters. The van der Waals surface area contributed by atoms with Gasteiger partial charge in [0.25, 0.3) is 0 Å². The minimum atomic E-state index is 0.271. The Bertz CT molecular complexity index is 229. The van der Waals surface area contributed by atoms with Crippen molar-refractivity contribution < 1.29 is 4.74 Å². The highest BCUT2D eigenvalue weighted by Crippen LogP contribution is 2.26. The lowest BCUT2D eigenvalue weighted by molar-refractivity contribution is 0.193. The van der Waals surface area contributed by atoms with Gasteiger partial charge in [-0.2, -0.15) is 12.6 Å². The molecule has 1 unspecified atom stereocenters.